The molecular weight excluding hydrogens is 330 g/mol. The van der Waals surface area contributed by atoms with E-state index in [1.807, 2.05) is 54.6 Å². The quantitative estimate of drug-likeness (QED) is 0.716. The van der Waals surface area contributed by atoms with Gasteiger partial charge in [0.05, 0.1) is 24.5 Å². The van der Waals surface area contributed by atoms with Gasteiger partial charge in [0.15, 0.2) is 0 Å². The molecule has 2 aromatic carbocycles. The molecule has 1 amide bonds. The third-order valence-electron chi connectivity index (χ3n) is 3.90. The van der Waals surface area contributed by atoms with E-state index in [9.17, 15) is 9.90 Å². The van der Waals surface area contributed by atoms with Crippen LogP contribution in [-0.4, -0.2) is 40.6 Å². The molecule has 3 aromatic rings. The number of aromatic nitrogens is 2. The highest BCUT2D eigenvalue weighted by Crippen LogP contribution is 2.25. The lowest BCUT2D eigenvalue weighted by atomic mass is 10.1. The third-order valence-corrected chi connectivity index (χ3v) is 3.90. The molecule has 0 aliphatic rings. The predicted octanol–water partition coefficient (Wildman–Crippen LogP) is 2.66. The van der Waals surface area contributed by atoms with E-state index in [2.05, 4.69) is 10.4 Å². The molecule has 0 radical (unpaired) electrons. The Bertz CT molecular complexity index is 871. The molecule has 2 N–H and O–H groups in total. The fourth-order valence-electron chi connectivity index (χ4n) is 2.55. The zero-order valence-electron chi connectivity index (χ0n) is 14.7. The van der Waals surface area contributed by atoms with Gasteiger partial charge in [-0.05, 0) is 43.3 Å². The number of amides is 1. The maximum absolute atomic E-state index is 12.6. The number of aliphatic hydroxyl groups excluding tert-OH is 1. The van der Waals surface area contributed by atoms with Crippen molar-refractivity contribution in [2.45, 2.75) is 13.0 Å². The number of aliphatic hydroxyl groups is 1. The van der Waals surface area contributed by atoms with Gasteiger partial charge in [-0.2, -0.15) is 5.10 Å². The van der Waals surface area contributed by atoms with Crippen LogP contribution in [0.1, 0.15) is 17.3 Å². The first-order valence-corrected chi connectivity index (χ1v) is 8.34. The van der Waals surface area contributed by atoms with E-state index in [4.69, 9.17) is 4.74 Å². The molecule has 3 rings (SSSR count). The molecule has 1 heterocycles. The largest absolute Gasteiger partial charge is 0.497 e. The van der Waals surface area contributed by atoms with E-state index in [0.29, 0.717) is 11.3 Å². The fourth-order valence-corrected chi connectivity index (χ4v) is 2.55. The van der Waals surface area contributed by atoms with Gasteiger partial charge in [-0.1, -0.05) is 18.2 Å². The van der Waals surface area contributed by atoms with Crippen LogP contribution in [0.25, 0.3) is 16.9 Å². The minimum atomic E-state index is -0.618. The first kappa shape index (κ1) is 17.7. The van der Waals surface area contributed by atoms with Crippen molar-refractivity contribution < 1.29 is 14.6 Å². The zero-order chi connectivity index (χ0) is 18.5. The van der Waals surface area contributed by atoms with Crippen molar-refractivity contribution in [2.24, 2.45) is 0 Å². The number of hydrogen-bond acceptors (Lipinski definition) is 4. The van der Waals surface area contributed by atoms with Crippen LogP contribution in [0, 0.1) is 0 Å². The summed E-state index contributed by atoms with van der Waals surface area (Å²) in [6.07, 6.45) is 1.08. The smallest absolute Gasteiger partial charge is 0.255 e. The Hall–Kier alpha value is -3.12. The maximum Gasteiger partial charge on any atom is 0.255 e. The van der Waals surface area contributed by atoms with E-state index in [0.717, 1.165) is 17.0 Å². The highest BCUT2D eigenvalue weighted by atomic mass is 16.5. The summed E-state index contributed by atoms with van der Waals surface area (Å²) in [4.78, 5) is 12.6. The second-order valence-electron chi connectivity index (χ2n) is 5.96. The van der Waals surface area contributed by atoms with Gasteiger partial charge in [-0.15, -0.1) is 0 Å². The molecule has 1 unspecified atom stereocenters. The highest BCUT2D eigenvalue weighted by Gasteiger charge is 2.19. The van der Waals surface area contributed by atoms with Crippen LogP contribution in [0.3, 0.4) is 0 Å². The topological polar surface area (TPSA) is 76.4 Å². The molecule has 0 aliphatic carbocycles. The number of ether oxygens (including phenoxy) is 1. The van der Waals surface area contributed by atoms with Crippen molar-refractivity contribution in [3.8, 4) is 22.7 Å². The average Bonchev–Trinajstić information content (AvgIpc) is 3.12. The minimum absolute atomic E-state index is 0.178. The van der Waals surface area contributed by atoms with E-state index in [1.54, 1.807) is 24.9 Å². The van der Waals surface area contributed by atoms with Gasteiger partial charge in [0.25, 0.3) is 5.91 Å². The molecule has 0 spiro atoms. The summed E-state index contributed by atoms with van der Waals surface area (Å²) in [5.41, 5.74) is 2.68. The summed E-state index contributed by atoms with van der Waals surface area (Å²) in [5, 5.41) is 16.8. The highest BCUT2D eigenvalue weighted by molar-refractivity contribution is 6.00. The molecule has 6 nitrogen and oxygen atoms in total. The summed E-state index contributed by atoms with van der Waals surface area (Å²) < 4.78 is 6.87. The van der Waals surface area contributed by atoms with Crippen molar-refractivity contribution in [3.05, 3.63) is 66.4 Å². The van der Waals surface area contributed by atoms with Gasteiger partial charge < -0.3 is 15.2 Å². The Balaban J connectivity index is 2.02. The second-order valence-corrected chi connectivity index (χ2v) is 5.96. The molecule has 0 bridgehead atoms. The van der Waals surface area contributed by atoms with Crippen molar-refractivity contribution in [1.82, 2.24) is 15.1 Å². The number of hydrogen-bond donors (Lipinski definition) is 2. The molecule has 1 atom stereocenters. The van der Waals surface area contributed by atoms with E-state index >= 15 is 0 Å². The number of rotatable bonds is 6. The van der Waals surface area contributed by atoms with Gasteiger partial charge >= 0.3 is 0 Å². The SMILES string of the molecule is COc1ccc(-c2nn(-c3ccccc3)cc2C(=O)NCC(C)O)cc1. The van der Waals surface area contributed by atoms with Crippen LogP contribution >= 0.6 is 0 Å². The summed E-state index contributed by atoms with van der Waals surface area (Å²) in [6, 6.07) is 17.0. The monoisotopic (exact) mass is 351 g/mol. The van der Waals surface area contributed by atoms with Gasteiger partial charge in [-0.3, -0.25) is 4.79 Å². The van der Waals surface area contributed by atoms with Crippen LogP contribution in [0.15, 0.2) is 60.8 Å². The first-order valence-electron chi connectivity index (χ1n) is 8.34. The molecule has 0 aliphatic heterocycles. The number of carbonyl (C=O) groups is 1. The lowest BCUT2D eigenvalue weighted by Crippen LogP contribution is -2.30. The van der Waals surface area contributed by atoms with Crippen molar-refractivity contribution >= 4 is 5.91 Å². The molecule has 6 heteroatoms. The molecular formula is C20H21N3O3. The number of nitrogens with zero attached hydrogens (tertiary/aromatic N) is 2. The zero-order valence-corrected chi connectivity index (χ0v) is 14.7. The maximum atomic E-state index is 12.6. The lowest BCUT2D eigenvalue weighted by molar-refractivity contribution is 0.0924. The summed E-state index contributed by atoms with van der Waals surface area (Å²) in [5.74, 6) is 0.454. The van der Waals surface area contributed by atoms with Crippen LogP contribution in [0.2, 0.25) is 0 Å². The number of nitrogens with one attached hydrogen (secondary N) is 1. The predicted molar refractivity (Wildman–Crippen MR) is 99.6 cm³/mol. The molecule has 134 valence electrons. The Morgan fingerprint density at radius 3 is 2.50 bits per heavy atom. The Morgan fingerprint density at radius 2 is 1.88 bits per heavy atom. The lowest BCUT2D eigenvalue weighted by Gasteiger charge is -2.07. The van der Waals surface area contributed by atoms with Crippen molar-refractivity contribution in [2.75, 3.05) is 13.7 Å². The van der Waals surface area contributed by atoms with Crippen molar-refractivity contribution in [3.63, 3.8) is 0 Å². The van der Waals surface area contributed by atoms with E-state index in [-0.39, 0.29) is 12.5 Å². The minimum Gasteiger partial charge on any atom is -0.497 e. The Kier molecular flexibility index (Phi) is 5.34. The number of para-hydroxylation sites is 1. The van der Waals surface area contributed by atoms with Gasteiger partial charge in [-0.25, -0.2) is 4.68 Å². The molecule has 0 fully saturated rings. The van der Waals surface area contributed by atoms with E-state index < -0.39 is 6.10 Å². The molecule has 0 saturated carbocycles. The summed E-state index contributed by atoms with van der Waals surface area (Å²) >= 11 is 0. The van der Waals surface area contributed by atoms with Crippen LogP contribution in [0.4, 0.5) is 0 Å². The standard InChI is InChI=1S/C20H21N3O3/c1-14(24)12-21-20(25)18-13-23(16-6-4-3-5-7-16)22-19(18)15-8-10-17(26-2)11-9-15/h3-11,13-14,24H,12H2,1-2H3,(H,21,25). The normalized spacial score (nSPS) is 11.8. The van der Waals surface area contributed by atoms with Crippen molar-refractivity contribution in [1.29, 1.82) is 0 Å². The van der Waals surface area contributed by atoms with E-state index in [1.165, 1.54) is 0 Å². The molecule has 0 saturated heterocycles. The first-order chi connectivity index (χ1) is 12.6. The Morgan fingerprint density at radius 1 is 1.19 bits per heavy atom. The van der Waals surface area contributed by atoms with Crippen LogP contribution in [-0.2, 0) is 0 Å². The number of methoxy groups -OCH3 is 1. The number of benzene rings is 2. The van der Waals surface area contributed by atoms with Crippen LogP contribution in [0.5, 0.6) is 5.75 Å². The van der Waals surface area contributed by atoms with Crippen LogP contribution < -0.4 is 10.1 Å². The van der Waals surface area contributed by atoms with Gasteiger partial charge in [0, 0.05) is 18.3 Å². The molecule has 26 heavy (non-hydrogen) atoms. The second kappa shape index (κ2) is 7.84. The fraction of sp³-hybridized carbons (Fsp3) is 0.200. The van der Waals surface area contributed by atoms with Gasteiger partial charge in [0.1, 0.15) is 11.4 Å². The van der Waals surface area contributed by atoms with Gasteiger partial charge in [0.2, 0.25) is 0 Å². The number of carbonyl (C=O) groups excluding carboxylic acids is 1. The Labute approximate surface area is 152 Å². The third kappa shape index (κ3) is 3.92. The summed E-state index contributed by atoms with van der Waals surface area (Å²) in [7, 11) is 1.61. The summed E-state index contributed by atoms with van der Waals surface area (Å²) in [6.45, 7) is 1.80. The average molecular weight is 351 g/mol. The molecule has 1 aromatic heterocycles.